The van der Waals surface area contributed by atoms with Gasteiger partial charge in [-0.3, -0.25) is 0 Å². The lowest BCUT2D eigenvalue weighted by atomic mass is 10.1. The predicted molar refractivity (Wildman–Crippen MR) is 88.4 cm³/mol. The number of likely N-dealkylation sites (N-methyl/N-ethyl adjacent to an activating group) is 1. The maximum absolute atomic E-state index is 12.0. The SMILES string of the molecule is CN(C)C/C(=N\OC(=O)c1ccccc1)c1ccc(Cl)cc1. The van der Waals surface area contributed by atoms with E-state index in [0.29, 0.717) is 22.8 Å². The van der Waals surface area contributed by atoms with Crippen LogP contribution in [0.1, 0.15) is 15.9 Å². The van der Waals surface area contributed by atoms with Gasteiger partial charge in [0.15, 0.2) is 0 Å². The molecule has 0 amide bonds. The second-order valence-corrected chi connectivity index (χ2v) is 5.46. The molecule has 0 atom stereocenters. The highest BCUT2D eigenvalue weighted by Crippen LogP contribution is 2.11. The molecule has 5 heteroatoms. The summed E-state index contributed by atoms with van der Waals surface area (Å²) >= 11 is 5.89. The first-order chi connectivity index (χ1) is 10.6. The Bertz CT molecular complexity index is 652. The van der Waals surface area contributed by atoms with Crippen molar-refractivity contribution in [1.82, 2.24) is 4.90 Å². The summed E-state index contributed by atoms with van der Waals surface area (Å²) in [6.07, 6.45) is 0. The highest BCUT2D eigenvalue weighted by atomic mass is 35.5. The molecule has 0 aliphatic heterocycles. The van der Waals surface area contributed by atoms with Crippen LogP contribution in [0.5, 0.6) is 0 Å². The van der Waals surface area contributed by atoms with E-state index in [1.54, 1.807) is 36.4 Å². The van der Waals surface area contributed by atoms with Crippen molar-refractivity contribution < 1.29 is 9.63 Å². The largest absolute Gasteiger partial charge is 0.365 e. The molecule has 2 aromatic carbocycles. The van der Waals surface area contributed by atoms with E-state index in [1.807, 2.05) is 37.2 Å². The second-order valence-electron chi connectivity index (χ2n) is 5.03. The first-order valence-electron chi connectivity index (χ1n) is 6.80. The van der Waals surface area contributed by atoms with Gasteiger partial charge in [0.1, 0.15) is 5.71 Å². The molecule has 0 fully saturated rings. The van der Waals surface area contributed by atoms with Gasteiger partial charge in [-0.1, -0.05) is 47.1 Å². The number of halogens is 1. The molecule has 0 saturated carbocycles. The van der Waals surface area contributed by atoms with Crippen LogP contribution in [0.4, 0.5) is 0 Å². The quantitative estimate of drug-likeness (QED) is 0.482. The number of nitrogens with zero attached hydrogens (tertiary/aromatic N) is 2. The molecule has 0 saturated heterocycles. The van der Waals surface area contributed by atoms with Crippen LogP contribution >= 0.6 is 11.6 Å². The highest BCUT2D eigenvalue weighted by molar-refractivity contribution is 6.30. The summed E-state index contributed by atoms with van der Waals surface area (Å²) in [4.78, 5) is 19.0. The average molecular weight is 317 g/mol. The van der Waals surface area contributed by atoms with E-state index in [2.05, 4.69) is 5.16 Å². The Morgan fingerprint density at radius 3 is 2.27 bits per heavy atom. The third kappa shape index (κ3) is 4.69. The molecule has 2 rings (SSSR count). The van der Waals surface area contributed by atoms with Crippen LogP contribution in [-0.4, -0.2) is 37.2 Å². The van der Waals surface area contributed by atoms with Gasteiger partial charge in [-0.05, 0) is 38.4 Å². The van der Waals surface area contributed by atoms with Gasteiger partial charge in [-0.25, -0.2) is 4.79 Å². The van der Waals surface area contributed by atoms with Crippen molar-refractivity contribution >= 4 is 23.3 Å². The summed E-state index contributed by atoms with van der Waals surface area (Å²) < 4.78 is 0. The number of rotatable bonds is 5. The smallest absolute Gasteiger partial charge is 0.312 e. The number of carbonyl (C=O) groups is 1. The van der Waals surface area contributed by atoms with Crippen molar-refractivity contribution in [2.75, 3.05) is 20.6 Å². The lowest BCUT2D eigenvalue weighted by Gasteiger charge is -2.12. The van der Waals surface area contributed by atoms with Crippen molar-refractivity contribution in [3.63, 3.8) is 0 Å². The predicted octanol–water partition coefficient (Wildman–Crippen LogP) is 3.46. The Morgan fingerprint density at radius 1 is 1.05 bits per heavy atom. The monoisotopic (exact) mass is 316 g/mol. The van der Waals surface area contributed by atoms with Crippen molar-refractivity contribution in [2.24, 2.45) is 5.16 Å². The lowest BCUT2D eigenvalue weighted by molar-refractivity contribution is 0.0515. The van der Waals surface area contributed by atoms with Crippen LogP contribution in [0.2, 0.25) is 5.02 Å². The molecule has 114 valence electrons. The van der Waals surface area contributed by atoms with Gasteiger partial charge >= 0.3 is 5.97 Å². The summed E-state index contributed by atoms with van der Waals surface area (Å²) in [5, 5.41) is 4.67. The minimum atomic E-state index is -0.481. The van der Waals surface area contributed by atoms with Crippen molar-refractivity contribution in [2.45, 2.75) is 0 Å². The van der Waals surface area contributed by atoms with E-state index < -0.39 is 5.97 Å². The van der Waals surface area contributed by atoms with Crippen LogP contribution in [0, 0.1) is 0 Å². The number of benzene rings is 2. The molecular weight excluding hydrogens is 300 g/mol. The lowest BCUT2D eigenvalue weighted by Crippen LogP contribution is -2.23. The van der Waals surface area contributed by atoms with Gasteiger partial charge in [-0.2, -0.15) is 0 Å². The van der Waals surface area contributed by atoms with Gasteiger partial charge in [0.2, 0.25) is 0 Å². The third-order valence-corrected chi connectivity index (χ3v) is 3.14. The summed E-state index contributed by atoms with van der Waals surface area (Å²) in [6.45, 7) is 0.545. The molecule has 4 nitrogen and oxygen atoms in total. The molecule has 0 aromatic heterocycles. The fraction of sp³-hybridized carbons (Fsp3) is 0.176. The van der Waals surface area contributed by atoms with Gasteiger partial charge in [0.05, 0.1) is 5.56 Å². The van der Waals surface area contributed by atoms with Crippen LogP contribution < -0.4 is 0 Å². The van der Waals surface area contributed by atoms with Crippen LogP contribution in [0.15, 0.2) is 59.8 Å². The van der Waals surface area contributed by atoms with Gasteiger partial charge < -0.3 is 9.74 Å². The Kier molecular flexibility index (Phi) is 5.69. The van der Waals surface area contributed by atoms with E-state index in [9.17, 15) is 4.79 Å². The van der Waals surface area contributed by atoms with Crippen molar-refractivity contribution in [3.05, 3.63) is 70.7 Å². The normalized spacial score (nSPS) is 11.5. The molecule has 0 unspecified atom stereocenters. The van der Waals surface area contributed by atoms with Crippen molar-refractivity contribution in [1.29, 1.82) is 0 Å². The van der Waals surface area contributed by atoms with Gasteiger partial charge in [-0.15, -0.1) is 0 Å². The Hall–Kier alpha value is -2.17. The number of hydrogen-bond donors (Lipinski definition) is 0. The minimum absolute atomic E-state index is 0.464. The zero-order chi connectivity index (χ0) is 15.9. The van der Waals surface area contributed by atoms with E-state index in [0.717, 1.165) is 5.56 Å². The minimum Gasteiger partial charge on any atom is -0.312 e. The number of hydrogen-bond acceptors (Lipinski definition) is 4. The summed E-state index contributed by atoms with van der Waals surface area (Å²) in [5.74, 6) is -0.481. The Morgan fingerprint density at radius 2 is 1.68 bits per heavy atom. The van der Waals surface area contributed by atoms with E-state index >= 15 is 0 Å². The van der Waals surface area contributed by atoms with Crippen LogP contribution in [0.3, 0.4) is 0 Å². The zero-order valence-corrected chi connectivity index (χ0v) is 13.2. The zero-order valence-electron chi connectivity index (χ0n) is 12.5. The highest BCUT2D eigenvalue weighted by Gasteiger charge is 2.10. The molecular formula is C17H17ClN2O2. The first-order valence-corrected chi connectivity index (χ1v) is 7.18. The van der Waals surface area contributed by atoms with Gasteiger partial charge in [0, 0.05) is 17.1 Å². The van der Waals surface area contributed by atoms with Gasteiger partial charge in [0.25, 0.3) is 0 Å². The fourth-order valence-corrected chi connectivity index (χ4v) is 1.96. The summed E-state index contributed by atoms with van der Waals surface area (Å²) in [6, 6.07) is 16.0. The molecule has 0 spiro atoms. The first kappa shape index (κ1) is 16.2. The summed E-state index contributed by atoms with van der Waals surface area (Å²) in [7, 11) is 3.84. The molecule has 22 heavy (non-hydrogen) atoms. The van der Waals surface area contributed by atoms with Crippen molar-refractivity contribution in [3.8, 4) is 0 Å². The number of oxime groups is 1. The molecule has 0 N–H and O–H groups in total. The van der Waals surface area contributed by atoms with Crippen LogP contribution in [0.25, 0.3) is 0 Å². The molecule has 0 aliphatic rings. The van der Waals surface area contributed by atoms with Crippen LogP contribution in [-0.2, 0) is 4.84 Å². The maximum Gasteiger partial charge on any atom is 0.365 e. The molecule has 0 bridgehead atoms. The summed E-state index contributed by atoms with van der Waals surface area (Å²) in [5.41, 5.74) is 1.98. The van der Waals surface area contributed by atoms with E-state index in [1.165, 1.54) is 0 Å². The Balaban J connectivity index is 2.18. The molecule has 2 aromatic rings. The molecule has 0 aliphatic carbocycles. The van der Waals surface area contributed by atoms with E-state index in [4.69, 9.17) is 16.4 Å². The van der Waals surface area contributed by atoms with E-state index in [-0.39, 0.29) is 0 Å². The fourth-order valence-electron chi connectivity index (χ4n) is 1.84. The standard InChI is InChI=1S/C17H17ClN2O2/c1-20(2)12-16(13-8-10-15(18)11-9-13)19-22-17(21)14-6-4-3-5-7-14/h3-11H,12H2,1-2H3/b19-16+. The Labute approximate surface area is 135 Å². The maximum atomic E-state index is 12.0. The second kappa shape index (κ2) is 7.73. The third-order valence-electron chi connectivity index (χ3n) is 2.89. The molecule has 0 radical (unpaired) electrons. The topological polar surface area (TPSA) is 41.9 Å². The average Bonchev–Trinajstić information content (AvgIpc) is 2.52. The molecule has 0 heterocycles. The number of carbonyl (C=O) groups excluding carboxylic acids is 1.